The fourth-order valence-electron chi connectivity index (χ4n) is 3.35. The molecule has 0 saturated carbocycles. The molecule has 1 aliphatic rings. The van der Waals surface area contributed by atoms with Crippen LogP contribution in [0.3, 0.4) is 0 Å². The molecule has 178 valence electrons. The van der Waals surface area contributed by atoms with E-state index in [1.54, 1.807) is 20.8 Å². The first-order chi connectivity index (χ1) is 15.4. The second-order valence-corrected chi connectivity index (χ2v) is 9.60. The Kier molecular flexibility index (Phi) is 7.45. The summed E-state index contributed by atoms with van der Waals surface area (Å²) in [5.74, 6) is -0.918. The number of nitrogens with one attached hydrogen (secondary N) is 1. The first-order valence-electron chi connectivity index (χ1n) is 10.3. The van der Waals surface area contributed by atoms with Crippen LogP contribution in [0.15, 0.2) is 24.4 Å². The number of ether oxygens (including phenoxy) is 1. The monoisotopic (exact) mass is 498 g/mol. The number of rotatable bonds is 5. The molecule has 1 saturated heterocycles. The van der Waals surface area contributed by atoms with Crippen LogP contribution in [0, 0.1) is 5.82 Å². The van der Waals surface area contributed by atoms with E-state index in [4.69, 9.17) is 27.9 Å². The van der Waals surface area contributed by atoms with Crippen LogP contribution in [0.2, 0.25) is 10.2 Å². The maximum Gasteiger partial charge on any atom is 0.407 e. The van der Waals surface area contributed by atoms with E-state index < -0.39 is 28.9 Å². The standard InChI is InChI=1S/C22H25Cl2FN4O4/c1-21(2,3)33-20(31)27-12-22(32)7-9-29(10-8-22)15-11-26-17(19(24)28-15)18(30)13-5-4-6-14(25)16(13)23/h4-6,11,32H,7-10,12H2,1-3H3,(H,27,31). The van der Waals surface area contributed by atoms with E-state index in [9.17, 15) is 19.1 Å². The van der Waals surface area contributed by atoms with Gasteiger partial charge in [0.25, 0.3) is 0 Å². The largest absolute Gasteiger partial charge is 0.444 e. The first-order valence-corrected chi connectivity index (χ1v) is 11.1. The summed E-state index contributed by atoms with van der Waals surface area (Å²) in [7, 11) is 0. The Hall–Kier alpha value is -2.49. The van der Waals surface area contributed by atoms with Crippen LogP contribution in [0.25, 0.3) is 0 Å². The van der Waals surface area contributed by atoms with Gasteiger partial charge in [-0.15, -0.1) is 0 Å². The fourth-order valence-corrected chi connectivity index (χ4v) is 3.78. The average Bonchev–Trinajstić information content (AvgIpc) is 2.73. The lowest BCUT2D eigenvalue weighted by Crippen LogP contribution is -2.51. The summed E-state index contributed by atoms with van der Waals surface area (Å²) in [4.78, 5) is 34.8. The van der Waals surface area contributed by atoms with E-state index in [1.807, 2.05) is 4.90 Å². The predicted molar refractivity (Wildman–Crippen MR) is 123 cm³/mol. The lowest BCUT2D eigenvalue weighted by Gasteiger charge is -2.38. The summed E-state index contributed by atoms with van der Waals surface area (Å²) in [6.07, 6.45) is 1.54. The number of carbonyl (C=O) groups excluding carboxylic acids is 2. The van der Waals surface area contributed by atoms with Crippen LogP contribution in [0.1, 0.15) is 49.7 Å². The van der Waals surface area contributed by atoms with E-state index in [2.05, 4.69) is 15.3 Å². The summed E-state index contributed by atoms with van der Waals surface area (Å²) < 4.78 is 18.9. The molecule has 0 atom stereocenters. The molecule has 0 spiro atoms. The van der Waals surface area contributed by atoms with Crippen molar-refractivity contribution >= 4 is 40.9 Å². The van der Waals surface area contributed by atoms with Gasteiger partial charge in [0, 0.05) is 25.2 Å². The smallest absolute Gasteiger partial charge is 0.407 e. The van der Waals surface area contributed by atoms with Crippen molar-refractivity contribution in [2.75, 3.05) is 24.5 Å². The van der Waals surface area contributed by atoms with Gasteiger partial charge in [-0.2, -0.15) is 0 Å². The van der Waals surface area contributed by atoms with Crippen molar-refractivity contribution in [1.82, 2.24) is 15.3 Å². The van der Waals surface area contributed by atoms with E-state index in [-0.39, 0.29) is 28.0 Å². The minimum Gasteiger partial charge on any atom is -0.444 e. The molecule has 1 fully saturated rings. The van der Waals surface area contributed by atoms with Gasteiger partial charge in [0.15, 0.2) is 5.15 Å². The van der Waals surface area contributed by atoms with E-state index in [0.29, 0.717) is 31.7 Å². The molecule has 1 aromatic carbocycles. The van der Waals surface area contributed by atoms with E-state index in [0.717, 1.165) is 6.07 Å². The molecule has 2 aromatic rings. The van der Waals surface area contributed by atoms with Gasteiger partial charge in [0.2, 0.25) is 5.78 Å². The van der Waals surface area contributed by atoms with Crippen LogP contribution in [0.5, 0.6) is 0 Å². The molecule has 3 rings (SSSR count). The Morgan fingerprint density at radius 2 is 1.94 bits per heavy atom. The summed E-state index contributed by atoms with van der Waals surface area (Å²) in [6.45, 7) is 6.21. The third-order valence-corrected chi connectivity index (χ3v) is 5.76. The Bertz CT molecular complexity index is 1050. The topological polar surface area (TPSA) is 105 Å². The number of aliphatic hydroxyl groups is 1. The van der Waals surface area contributed by atoms with E-state index in [1.165, 1.54) is 18.3 Å². The van der Waals surface area contributed by atoms with Crippen molar-refractivity contribution in [2.45, 2.75) is 44.8 Å². The molecular formula is C22H25Cl2FN4O4. The molecule has 1 aromatic heterocycles. The van der Waals surface area contributed by atoms with Crippen molar-refractivity contribution in [3.63, 3.8) is 0 Å². The summed E-state index contributed by atoms with van der Waals surface area (Å²) in [5, 5.41) is 12.9. The molecule has 8 nitrogen and oxygen atoms in total. The number of hydrogen-bond acceptors (Lipinski definition) is 7. The van der Waals surface area contributed by atoms with Crippen molar-refractivity contribution in [2.24, 2.45) is 0 Å². The fraction of sp³-hybridized carbons (Fsp3) is 0.455. The van der Waals surface area contributed by atoms with Crippen molar-refractivity contribution in [3.05, 3.63) is 51.6 Å². The number of aromatic nitrogens is 2. The SMILES string of the molecule is CC(C)(C)OC(=O)NCC1(O)CCN(c2cnc(C(=O)c3cccc(F)c3Cl)c(Cl)n2)CC1. The van der Waals surface area contributed by atoms with Gasteiger partial charge < -0.3 is 20.1 Å². The number of ketones is 1. The van der Waals surface area contributed by atoms with Gasteiger partial charge in [-0.25, -0.2) is 19.2 Å². The van der Waals surface area contributed by atoms with Gasteiger partial charge in [-0.3, -0.25) is 4.79 Å². The van der Waals surface area contributed by atoms with E-state index >= 15 is 0 Å². The lowest BCUT2D eigenvalue weighted by atomic mass is 9.91. The van der Waals surface area contributed by atoms with Crippen LogP contribution in [-0.2, 0) is 4.74 Å². The minimum atomic E-state index is -1.09. The number of hydrogen-bond donors (Lipinski definition) is 2. The molecule has 1 amide bonds. The van der Waals surface area contributed by atoms with Crippen LogP contribution in [0.4, 0.5) is 15.0 Å². The number of nitrogens with zero attached hydrogens (tertiary/aromatic N) is 3. The number of benzene rings is 1. The molecule has 0 radical (unpaired) electrons. The molecule has 11 heteroatoms. The zero-order valence-corrected chi connectivity index (χ0v) is 20.0. The number of anilines is 1. The number of alkyl carbamates (subject to hydrolysis) is 1. The van der Waals surface area contributed by atoms with Gasteiger partial charge in [-0.1, -0.05) is 29.3 Å². The van der Waals surface area contributed by atoms with Gasteiger partial charge in [-0.05, 0) is 45.7 Å². The maximum absolute atomic E-state index is 13.7. The van der Waals surface area contributed by atoms with Gasteiger partial charge in [0.05, 0.1) is 16.8 Å². The second-order valence-electron chi connectivity index (χ2n) is 8.86. The number of amides is 1. The molecule has 2 N–H and O–H groups in total. The summed E-state index contributed by atoms with van der Waals surface area (Å²) >= 11 is 12.1. The minimum absolute atomic E-state index is 0.0545. The predicted octanol–water partition coefficient (Wildman–Crippen LogP) is 4.01. The summed E-state index contributed by atoms with van der Waals surface area (Å²) in [6, 6.07) is 3.91. The first kappa shape index (κ1) is 25.1. The van der Waals surface area contributed by atoms with Crippen LogP contribution >= 0.6 is 23.2 Å². The molecule has 2 heterocycles. The highest BCUT2D eigenvalue weighted by Crippen LogP contribution is 2.28. The lowest BCUT2D eigenvalue weighted by molar-refractivity contribution is 0.00791. The highest BCUT2D eigenvalue weighted by molar-refractivity contribution is 6.37. The Morgan fingerprint density at radius 1 is 1.27 bits per heavy atom. The molecular weight excluding hydrogens is 474 g/mol. The molecule has 0 aliphatic carbocycles. The number of piperidine rings is 1. The third kappa shape index (κ3) is 6.31. The van der Waals surface area contributed by atoms with Gasteiger partial charge in [0.1, 0.15) is 22.9 Å². The highest BCUT2D eigenvalue weighted by Gasteiger charge is 2.34. The van der Waals surface area contributed by atoms with Crippen molar-refractivity contribution < 1.29 is 23.8 Å². The highest BCUT2D eigenvalue weighted by atomic mass is 35.5. The molecule has 1 aliphatic heterocycles. The second kappa shape index (κ2) is 9.79. The third-order valence-electron chi connectivity index (χ3n) is 5.11. The number of halogens is 3. The van der Waals surface area contributed by atoms with Crippen molar-refractivity contribution in [1.29, 1.82) is 0 Å². The molecule has 0 bridgehead atoms. The summed E-state index contributed by atoms with van der Waals surface area (Å²) in [5.41, 5.74) is -1.90. The zero-order valence-electron chi connectivity index (χ0n) is 18.5. The van der Waals surface area contributed by atoms with Crippen LogP contribution < -0.4 is 10.2 Å². The molecule has 0 unspecified atom stereocenters. The Labute approximate surface area is 201 Å². The van der Waals surface area contributed by atoms with Crippen LogP contribution in [-0.4, -0.2) is 57.8 Å². The Balaban J connectivity index is 1.63. The Morgan fingerprint density at radius 3 is 2.55 bits per heavy atom. The molecule has 33 heavy (non-hydrogen) atoms. The normalized spacial score (nSPS) is 15.8. The maximum atomic E-state index is 13.7. The average molecular weight is 499 g/mol. The van der Waals surface area contributed by atoms with Gasteiger partial charge >= 0.3 is 6.09 Å². The quantitative estimate of drug-likeness (QED) is 0.599. The zero-order chi connectivity index (χ0) is 24.4. The number of carbonyl (C=O) groups is 2. The van der Waals surface area contributed by atoms with Crippen molar-refractivity contribution in [3.8, 4) is 0 Å².